The van der Waals surface area contributed by atoms with Gasteiger partial charge in [-0.25, -0.2) is 4.39 Å². The fourth-order valence-corrected chi connectivity index (χ4v) is 2.68. The summed E-state index contributed by atoms with van der Waals surface area (Å²) in [6, 6.07) is 2.77. The molecule has 0 N–H and O–H groups in total. The molecule has 0 fully saturated rings. The molecule has 0 amide bonds. The van der Waals surface area contributed by atoms with Gasteiger partial charge in [-0.2, -0.15) is 5.73 Å². The van der Waals surface area contributed by atoms with Gasteiger partial charge in [-0.05, 0) is 31.4 Å². The van der Waals surface area contributed by atoms with Crippen LogP contribution < -0.4 is 5.73 Å². The van der Waals surface area contributed by atoms with Crippen molar-refractivity contribution < 1.29 is 4.39 Å². The largest absolute Gasteiger partial charge is 0.254 e. The maximum absolute atomic E-state index is 13.7. The third-order valence-corrected chi connectivity index (χ3v) is 3.74. The number of rotatable bonds is 2. The Morgan fingerprint density at radius 1 is 1.31 bits per heavy atom. The zero-order valence-corrected chi connectivity index (χ0v) is 9.84. The van der Waals surface area contributed by atoms with Crippen LogP contribution in [0.15, 0.2) is 17.1 Å². The van der Waals surface area contributed by atoms with E-state index >= 15 is 0 Å². The monoisotopic (exact) mass is 218 g/mol. The van der Waals surface area contributed by atoms with Gasteiger partial charge in [0.1, 0.15) is 5.69 Å². The Bertz CT molecular complexity index is 459. The standard InChI is InChI=1S/C13H15FN2/c1-4-13(5-2)8(3)16-12-10(13)6-9(15)7-11(12)14/h6-7H,4-5H2,1-3H3. The van der Waals surface area contributed by atoms with E-state index in [1.165, 1.54) is 0 Å². The second kappa shape index (κ2) is 3.58. The molecule has 0 saturated carbocycles. The highest BCUT2D eigenvalue weighted by molar-refractivity contribution is 6.00. The summed E-state index contributed by atoms with van der Waals surface area (Å²) in [5.74, 6) is -0.432. The van der Waals surface area contributed by atoms with Crippen LogP contribution in [-0.4, -0.2) is 5.71 Å². The van der Waals surface area contributed by atoms with E-state index in [0.717, 1.165) is 30.2 Å². The Labute approximate surface area is 95.4 Å². The predicted octanol–water partition coefficient (Wildman–Crippen LogP) is 3.69. The summed E-state index contributed by atoms with van der Waals surface area (Å²) in [6.07, 6.45) is 1.74. The lowest BCUT2D eigenvalue weighted by atomic mass is 9.73. The second-order valence-corrected chi connectivity index (χ2v) is 4.31. The van der Waals surface area contributed by atoms with E-state index in [9.17, 15) is 10.1 Å². The molecule has 16 heavy (non-hydrogen) atoms. The van der Waals surface area contributed by atoms with Gasteiger partial charge in [-0.15, -0.1) is 0 Å². The van der Waals surface area contributed by atoms with Crippen LogP contribution in [0, 0.1) is 5.82 Å². The number of nitrogens with zero attached hydrogens (tertiary/aromatic N) is 2. The van der Waals surface area contributed by atoms with Crippen molar-refractivity contribution >= 4 is 17.1 Å². The molecule has 3 heteroatoms. The topological polar surface area (TPSA) is 34.7 Å². The molecule has 0 unspecified atom stereocenters. The fraction of sp³-hybridized carbons (Fsp3) is 0.462. The first kappa shape index (κ1) is 11.1. The summed E-state index contributed by atoms with van der Waals surface area (Å²) < 4.78 is 13.7. The SMILES string of the molecule is CCC1(CC)C(C)=Nc2c(F)cc([N])cc21. The van der Waals surface area contributed by atoms with E-state index in [4.69, 9.17) is 0 Å². The lowest BCUT2D eigenvalue weighted by molar-refractivity contribution is 0.539. The van der Waals surface area contributed by atoms with Crippen molar-refractivity contribution in [2.45, 2.75) is 39.0 Å². The van der Waals surface area contributed by atoms with E-state index < -0.39 is 5.82 Å². The summed E-state index contributed by atoms with van der Waals surface area (Å²) in [4.78, 5) is 4.32. The minimum atomic E-state index is -0.432. The first-order valence-electron chi connectivity index (χ1n) is 5.64. The average molecular weight is 218 g/mol. The van der Waals surface area contributed by atoms with E-state index in [1.807, 2.05) is 6.92 Å². The first-order valence-corrected chi connectivity index (χ1v) is 5.64. The van der Waals surface area contributed by atoms with Gasteiger partial charge in [0.2, 0.25) is 0 Å². The van der Waals surface area contributed by atoms with Gasteiger partial charge in [0.25, 0.3) is 0 Å². The second-order valence-electron chi connectivity index (χ2n) is 4.31. The number of fused-ring (bicyclic) bond motifs is 1. The molecule has 1 aromatic carbocycles. The van der Waals surface area contributed by atoms with Gasteiger partial charge in [-0.3, -0.25) is 4.99 Å². The summed E-state index contributed by atoms with van der Waals surface area (Å²) in [6.45, 7) is 6.07. The molecular formula is C13H15FN2. The summed E-state index contributed by atoms with van der Waals surface area (Å²) in [5.41, 5.74) is 11.4. The van der Waals surface area contributed by atoms with Gasteiger partial charge in [0.05, 0.1) is 5.69 Å². The van der Waals surface area contributed by atoms with Crippen LogP contribution in [0.5, 0.6) is 0 Å². The minimum absolute atomic E-state index is 0.0209. The number of hydrogen-bond donors (Lipinski definition) is 0. The lowest BCUT2D eigenvalue weighted by Crippen LogP contribution is -2.29. The lowest BCUT2D eigenvalue weighted by Gasteiger charge is -2.28. The molecule has 0 aliphatic carbocycles. The van der Waals surface area contributed by atoms with Gasteiger partial charge in [0.15, 0.2) is 5.82 Å². The fourth-order valence-electron chi connectivity index (χ4n) is 2.68. The maximum Gasteiger partial charge on any atom is 0.151 e. The normalized spacial score (nSPS) is 17.1. The van der Waals surface area contributed by atoms with Gasteiger partial charge < -0.3 is 0 Å². The predicted molar refractivity (Wildman–Crippen MR) is 63.2 cm³/mol. The van der Waals surface area contributed by atoms with Crippen LogP contribution in [0.1, 0.15) is 39.2 Å². The Hall–Kier alpha value is -1.38. The molecular weight excluding hydrogens is 203 g/mol. The third-order valence-electron chi connectivity index (χ3n) is 3.74. The Kier molecular flexibility index (Phi) is 2.49. The van der Waals surface area contributed by atoms with Crippen LogP contribution in [0.25, 0.3) is 0 Å². The average Bonchev–Trinajstić information content (AvgIpc) is 2.52. The molecule has 2 nitrogen and oxygen atoms in total. The van der Waals surface area contributed by atoms with E-state index in [1.54, 1.807) is 6.07 Å². The van der Waals surface area contributed by atoms with Gasteiger partial charge in [0, 0.05) is 17.2 Å². The van der Waals surface area contributed by atoms with Crippen LogP contribution in [0.4, 0.5) is 15.8 Å². The molecule has 1 aromatic rings. The van der Waals surface area contributed by atoms with Crippen LogP contribution in [0.2, 0.25) is 0 Å². The summed E-state index contributed by atoms with van der Waals surface area (Å²) >= 11 is 0. The van der Waals surface area contributed by atoms with E-state index in [2.05, 4.69) is 18.8 Å². The Balaban J connectivity index is 2.71. The van der Waals surface area contributed by atoms with Crippen molar-refractivity contribution in [3.8, 4) is 0 Å². The quantitative estimate of drug-likeness (QED) is 0.725. The molecule has 1 heterocycles. The number of halogens is 1. The van der Waals surface area contributed by atoms with Crippen LogP contribution >= 0.6 is 0 Å². The highest BCUT2D eigenvalue weighted by atomic mass is 19.1. The summed E-state index contributed by atoms with van der Waals surface area (Å²) in [5, 5.41) is 0. The molecule has 1 aliphatic rings. The van der Waals surface area contributed by atoms with Gasteiger partial charge >= 0.3 is 0 Å². The highest BCUT2D eigenvalue weighted by Crippen LogP contribution is 2.46. The minimum Gasteiger partial charge on any atom is -0.254 e. The Morgan fingerprint density at radius 2 is 1.94 bits per heavy atom. The molecule has 0 atom stereocenters. The van der Waals surface area contributed by atoms with Crippen molar-refractivity contribution in [2.24, 2.45) is 4.99 Å². The van der Waals surface area contributed by atoms with Crippen molar-refractivity contribution in [3.63, 3.8) is 0 Å². The van der Waals surface area contributed by atoms with Crippen LogP contribution in [-0.2, 0) is 5.41 Å². The van der Waals surface area contributed by atoms with E-state index in [0.29, 0.717) is 5.69 Å². The number of aliphatic imine (C=N–C) groups is 1. The maximum atomic E-state index is 13.7. The molecule has 0 spiro atoms. The molecule has 0 aromatic heterocycles. The molecule has 2 rings (SSSR count). The van der Waals surface area contributed by atoms with Crippen molar-refractivity contribution in [1.82, 2.24) is 5.73 Å². The van der Waals surface area contributed by atoms with Crippen molar-refractivity contribution in [3.05, 3.63) is 23.5 Å². The molecule has 2 radical (unpaired) electrons. The third kappa shape index (κ3) is 1.27. The highest BCUT2D eigenvalue weighted by Gasteiger charge is 2.39. The van der Waals surface area contributed by atoms with Crippen molar-refractivity contribution in [1.29, 1.82) is 0 Å². The number of benzene rings is 1. The number of hydrogen-bond acceptors (Lipinski definition) is 1. The van der Waals surface area contributed by atoms with Crippen LogP contribution in [0.3, 0.4) is 0 Å². The molecule has 84 valence electrons. The smallest absolute Gasteiger partial charge is 0.151 e. The molecule has 0 bridgehead atoms. The zero-order chi connectivity index (χ0) is 11.9. The zero-order valence-electron chi connectivity index (χ0n) is 9.84. The van der Waals surface area contributed by atoms with Gasteiger partial charge in [-0.1, -0.05) is 13.8 Å². The molecule has 1 aliphatic heterocycles. The molecule has 0 saturated heterocycles. The summed E-state index contributed by atoms with van der Waals surface area (Å²) in [7, 11) is 0. The Morgan fingerprint density at radius 3 is 2.50 bits per heavy atom. The first-order chi connectivity index (χ1) is 7.55. The van der Waals surface area contributed by atoms with E-state index in [-0.39, 0.29) is 11.1 Å². The van der Waals surface area contributed by atoms with Crippen molar-refractivity contribution in [2.75, 3.05) is 0 Å².